The van der Waals surface area contributed by atoms with E-state index in [2.05, 4.69) is 49.2 Å². The molecule has 0 aliphatic rings. The number of unbranched alkanes of at least 4 members (excludes halogenated alkanes) is 14. The van der Waals surface area contributed by atoms with E-state index in [0.717, 1.165) is 0 Å². The molecule has 0 bridgehead atoms. The van der Waals surface area contributed by atoms with Gasteiger partial charge in [-0.05, 0) is 25.7 Å². The zero-order valence-electron chi connectivity index (χ0n) is 19.9. The van der Waals surface area contributed by atoms with E-state index in [1.807, 2.05) is 0 Å². The molecule has 1 heterocycles. The van der Waals surface area contributed by atoms with Crippen LogP contribution in [0, 0.1) is 0 Å². The van der Waals surface area contributed by atoms with E-state index in [-0.39, 0.29) is 0 Å². The Bertz CT molecular complexity index is 461. The van der Waals surface area contributed by atoms with E-state index in [4.69, 9.17) is 0 Å². The topological polar surface area (TPSA) is 8.81 Å². The van der Waals surface area contributed by atoms with Crippen LogP contribution in [0.2, 0.25) is 0 Å². The van der Waals surface area contributed by atoms with Gasteiger partial charge >= 0.3 is 0 Å². The minimum Gasteiger partial charge on any atom is -0.234 e. The van der Waals surface area contributed by atoms with Crippen LogP contribution in [0.1, 0.15) is 142 Å². The lowest BCUT2D eigenvalue weighted by molar-refractivity contribution is -0.705. The second-order valence-corrected chi connectivity index (χ2v) is 9.15. The molecule has 1 aromatic heterocycles. The molecule has 0 N–H and O–H groups in total. The number of aryl methyl sites for hydroxylation is 2. The van der Waals surface area contributed by atoms with Crippen molar-refractivity contribution < 1.29 is 4.57 Å². The standard InChI is InChI=1S/C26H51N2/c1-5-7-9-11-12-13-14-15-16-18-20-22-28-24-23-27(26(28)25(3)4)21-19-17-10-8-6-2/h23-25H,5-22H2,1-4H3/q+1. The SMILES string of the molecule is CCCCCCCCCCCCC[n+]1ccn(CCCCCCC)c1C(C)C. The van der Waals surface area contributed by atoms with Crippen LogP contribution in [0.5, 0.6) is 0 Å². The second-order valence-electron chi connectivity index (χ2n) is 9.15. The lowest BCUT2D eigenvalue weighted by Gasteiger charge is -2.08. The van der Waals surface area contributed by atoms with E-state index >= 15 is 0 Å². The molecule has 0 radical (unpaired) electrons. The highest BCUT2D eigenvalue weighted by Gasteiger charge is 2.19. The second kappa shape index (κ2) is 17.1. The number of aromatic nitrogens is 2. The van der Waals surface area contributed by atoms with E-state index in [1.54, 1.807) is 0 Å². The van der Waals surface area contributed by atoms with Gasteiger partial charge in [-0.1, -0.05) is 105 Å². The normalized spacial score (nSPS) is 11.6. The van der Waals surface area contributed by atoms with Crippen molar-refractivity contribution in [2.24, 2.45) is 0 Å². The van der Waals surface area contributed by atoms with Crippen molar-refractivity contribution in [2.45, 2.75) is 149 Å². The Morgan fingerprint density at radius 1 is 0.679 bits per heavy atom. The van der Waals surface area contributed by atoms with Crippen LogP contribution in [-0.4, -0.2) is 4.57 Å². The van der Waals surface area contributed by atoms with Crippen molar-refractivity contribution in [1.82, 2.24) is 4.57 Å². The Hall–Kier alpha value is -0.790. The van der Waals surface area contributed by atoms with Crippen molar-refractivity contribution >= 4 is 0 Å². The fourth-order valence-electron chi connectivity index (χ4n) is 4.35. The van der Waals surface area contributed by atoms with Crippen molar-refractivity contribution in [3.8, 4) is 0 Å². The number of rotatable bonds is 19. The molecule has 0 amide bonds. The highest BCUT2D eigenvalue weighted by Crippen LogP contribution is 2.14. The monoisotopic (exact) mass is 391 g/mol. The minimum atomic E-state index is 0.610. The molecule has 164 valence electrons. The fraction of sp³-hybridized carbons (Fsp3) is 0.885. The highest BCUT2D eigenvalue weighted by atomic mass is 15.1. The van der Waals surface area contributed by atoms with E-state index < -0.39 is 0 Å². The van der Waals surface area contributed by atoms with Crippen LogP contribution in [0.15, 0.2) is 12.4 Å². The number of hydrogen-bond acceptors (Lipinski definition) is 0. The molecule has 28 heavy (non-hydrogen) atoms. The average Bonchev–Trinajstić information content (AvgIpc) is 3.09. The predicted molar refractivity (Wildman–Crippen MR) is 124 cm³/mol. The largest absolute Gasteiger partial charge is 0.258 e. The van der Waals surface area contributed by atoms with Gasteiger partial charge in [0.05, 0.1) is 19.0 Å². The Labute approximate surface area is 177 Å². The zero-order chi connectivity index (χ0) is 20.5. The van der Waals surface area contributed by atoms with Crippen molar-refractivity contribution in [2.75, 3.05) is 0 Å². The third kappa shape index (κ3) is 11.3. The zero-order valence-corrected chi connectivity index (χ0v) is 19.9. The number of nitrogens with zero attached hydrogens (tertiary/aromatic N) is 2. The first kappa shape index (κ1) is 25.2. The first-order valence-electron chi connectivity index (χ1n) is 12.8. The van der Waals surface area contributed by atoms with Gasteiger partial charge in [-0.25, -0.2) is 9.13 Å². The third-order valence-electron chi connectivity index (χ3n) is 6.04. The maximum atomic E-state index is 2.53. The van der Waals surface area contributed by atoms with Gasteiger partial charge in [-0.3, -0.25) is 0 Å². The van der Waals surface area contributed by atoms with Crippen molar-refractivity contribution in [1.29, 1.82) is 0 Å². The van der Waals surface area contributed by atoms with Gasteiger partial charge in [-0.2, -0.15) is 0 Å². The molecule has 2 heteroatoms. The lowest BCUT2D eigenvalue weighted by Crippen LogP contribution is -2.38. The highest BCUT2D eigenvalue weighted by molar-refractivity contribution is 4.89. The summed E-state index contributed by atoms with van der Waals surface area (Å²) in [5.41, 5.74) is 0. The van der Waals surface area contributed by atoms with Crippen LogP contribution < -0.4 is 4.57 Å². The molecular formula is C26H51N2+. The van der Waals surface area contributed by atoms with Gasteiger partial charge < -0.3 is 0 Å². The molecule has 0 atom stereocenters. The minimum absolute atomic E-state index is 0.610. The number of hydrogen-bond donors (Lipinski definition) is 0. The molecule has 1 aromatic rings. The lowest BCUT2D eigenvalue weighted by atomic mass is 10.1. The summed E-state index contributed by atoms with van der Waals surface area (Å²) in [6, 6.07) is 0. The van der Waals surface area contributed by atoms with Crippen molar-refractivity contribution in [3.63, 3.8) is 0 Å². The van der Waals surface area contributed by atoms with Crippen LogP contribution in [0.25, 0.3) is 0 Å². The Kier molecular flexibility index (Phi) is 15.4. The Morgan fingerprint density at radius 2 is 1.14 bits per heavy atom. The van der Waals surface area contributed by atoms with E-state index in [9.17, 15) is 0 Å². The quantitative estimate of drug-likeness (QED) is 0.166. The van der Waals surface area contributed by atoms with Gasteiger partial charge in [-0.15, -0.1) is 0 Å². The summed E-state index contributed by atoms with van der Waals surface area (Å²) in [7, 11) is 0. The third-order valence-corrected chi connectivity index (χ3v) is 6.04. The van der Waals surface area contributed by atoms with Gasteiger partial charge in [0.15, 0.2) is 0 Å². The molecule has 0 unspecified atom stereocenters. The Morgan fingerprint density at radius 3 is 1.64 bits per heavy atom. The Balaban J connectivity index is 2.18. The van der Waals surface area contributed by atoms with Gasteiger partial charge in [0.1, 0.15) is 12.4 Å². The van der Waals surface area contributed by atoms with Crippen molar-refractivity contribution in [3.05, 3.63) is 18.2 Å². The molecule has 0 fully saturated rings. The van der Waals surface area contributed by atoms with Crippen LogP contribution >= 0.6 is 0 Å². The maximum absolute atomic E-state index is 2.53. The van der Waals surface area contributed by atoms with Crippen LogP contribution in [-0.2, 0) is 13.1 Å². The molecule has 0 saturated heterocycles. The van der Waals surface area contributed by atoms with Gasteiger partial charge in [0, 0.05) is 0 Å². The smallest absolute Gasteiger partial charge is 0.234 e. The summed E-state index contributed by atoms with van der Waals surface area (Å²) in [6.07, 6.45) is 27.1. The van der Waals surface area contributed by atoms with Gasteiger partial charge in [0.2, 0.25) is 0 Å². The van der Waals surface area contributed by atoms with Gasteiger partial charge in [0.25, 0.3) is 5.82 Å². The molecule has 0 aliphatic heterocycles. The fourth-order valence-corrected chi connectivity index (χ4v) is 4.35. The summed E-state index contributed by atoms with van der Waals surface area (Å²) in [5, 5.41) is 0. The predicted octanol–water partition coefficient (Wildman–Crippen LogP) is 8.18. The van der Waals surface area contributed by atoms with Crippen LogP contribution in [0.3, 0.4) is 0 Å². The number of imidazole rings is 1. The average molecular weight is 392 g/mol. The van der Waals surface area contributed by atoms with Crippen LogP contribution in [0.4, 0.5) is 0 Å². The molecule has 0 spiro atoms. The molecule has 1 rings (SSSR count). The maximum Gasteiger partial charge on any atom is 0.258 e. The molecule has 0 saturated carbocycles. The summed E-state index contributed by atoms with van der Waals surface area (Å²) in [6.45, 7) is 11.7. The van der Waals surface area contributed by atoms with E-state index in [0.29, 0.717) is 5.92 Å². The molecule has 0 aromatic carbocycles. The molecule has 2 nitrogen and oxygen atoms in total. The summed E-state index contributed by atoms with van der Waals surface area (Å²) in [4.78, 5) is 0. The molecule has 0 aliphatic carbocycles. The first-order chi connectivity index (χ1) is 13.7. The first-order valence-corrected chi connectivity index (χ1v) is 12.8. The summed E-state index contributed by atoms with van der Waals surface area (Å²) in [5.74, 6) is 2.14. The van der Waals surface area contributed by atoms with E-state index in [1.165, 1.54) is 122 Å². The summed E-state index contributed by atoms with van der Waals surface area (Å²) < 4.78 is 5.06. The molecular weight excluding hydrogens is 340 g/mol. The summed E-state index contributed by atoms with van der Waals surface area (Å²) >= 11 is 0.